The number of carboxylic acids is 1. The molecule has 6 nitrogen and oxygen atoms in total. The molecule has 0 radical (unpaired) electrons. The Morgan fingerprint density at radius 2 is 1.81 bits per heavy atom. The Bertz CT molecular complexity index is 1190. The van der Waals surface area contributed by atoms with Crippen molar-refractivity contribution >= 4 is 94.4 Å². The van der Waals surface area contributed by atoms with Gasteiger partial charge in [0, 0.05) is 28.6 Å². The zero-order chi connectivity index (χ0) is 24.1. The summed E-state index contributed by atoms with van der Waals surface area (Å²) in [4.78, 5) is 25.2. The maximum absolute atomic E-state index is 12.5. The van der Waals surface area contributed by atoms with Crippen LogP contribution in [0.15, 0.2) is 65.6 Å². The third kappa shape index (κ3) is 7.92. The number of benzene rings is 3. The van der Waals surface area contributed by atoms with Crippen LogP contribution in [-0.2, 0) is 11.2 Å². The quantitative estimate of drug-likeness (QED) is 0.321. The van der Waals surface area contributed by atoms with Gasteiger partial charge in [0.05, 0.1) is 17.5 Å². The second-order valence-corrected chi connectivity index (χ2v) is 9.12. The van der Waals surface area contributed by atoms with E-state index in [2.05, 4.69) is 29.6 Å². The molecule has 180 valence electrons. The molecular formula is C26H26ClNNa2O5S. The van der Waals surface area contributed by atoms with Crippen LogP contribution in [0.25, 0.3) is 0 Å². The topological polar surface area (TPSA) is 84.9 Å². The first-order valence-electron chi connectivity index (χ1n) is 10.8. The third-order valence-electron chi connectivity index (χ3n) is 5.60. The second kappa shape index (κ2) is 14.7. The Kier molecular flexibility index (Phi) is 12.7. The molecule has 3 aromatic carbocycles. The van der Waals surface area contributed by atoms with E-state index < -0.39 is 11.9 Å². The number of hydrogen-bond acceptors (Lipinski definition) is 5. The van der Waals surface area contributed by atoms with Gasteiger partial charge in [0.25, 0.3) is 5.91 Å². The van der Waals surface area contributed by atoms with Crippen molar-refractivity contribution in [3.63, 3.8) is 0 Å². The van der Waals surface area contributed by atoms with Gasteiger partial charge < -0.3 is 19.9 Å². The monoisotopic (exact) mass is 545 g/mol. The molecule has 1 amide bonds. The number of nitrogens with one attached hydrogen (secondary N) is 1. The van der Waals surface area contributed by atoms with E-state index >= 15 is 0 Å². The number of carbonyl (C=O) groups excluding carboxylic acids is 1. The first-order chi connectivity index (χ1) is 16.4. The first-order valence-corrected chi connectivity index (χ1v) is 12.4. The number of thioether (sulfide) groups is 1. The van der Waals surface area contributed by atoms with Crippen LogP contribution >= 0.6 is 23.4 Å². The molecule has 0 saturated carbocycles. The molecule has 0 bridgehead atoms. The van der Waals surface area contributed by atoms with Crippen molar-refractivity contribution < 1.29 is 24.2 Å². The Morgan fingerprint density at radius 1 is 1.11 bits per heavy atom. The van der Waals surface area contributed by atoms with Crippen molar-refractivity contribution in [1.82, 2.24) is 5.32 Å². The van der Waals surface area contributed by atoms with E-state index in [0.717, 1.165) is 6.42 Å². The predicted octanol–water partition coefficient (Wildman–Crippen LogP) is 4.48. The molecular weight excluding hydrogens is 520 g/mol. The fraction of sp³-hybridized carbons (Fsp3) is 0.231. The van der Waals surface area contributed by atoms with Gasteiger partial charge in [0.1, 0.15) is 17.2 Å². The normalized spacial score (nSPS) is 13.8. The van der Waals surface area contributed by atoms with Crippen molar-refractivity contribution in [2.45, 2.75) is 23.7 Å². The molecule has 1 aliphatic heterocycles. The molecule has 1 atom stereocenters. The van der Waals surface area contributed by atoms with E-state index in [1.807, 2.05) is 6.26 Å². The number of carbonyl (C=O) groups is 2. The van der Waals surface area contributed by atoms with Gasteiger partial charge in [-0.15, -0.1) is 11.8 Å². The molecule has 0 aliphatic carbocycles. The van der Waals surface area contributed by atoms with Crippen LogP contribution in [0, 0.1) is 0 Å². The van der Waals surface area contributed by atoms with Gasteiger partial charge in [-0.05, 0) is 67.1 Å². The van der Waals surface area contributed by atoms with Gasteiger partial charge in [0.2, 0.25) is 0 Å². The number of rotatable bonds is 8. The fourth-order valence-corrected chi connectivity index (χ4v) is 4.36. The van der Waals surface area contributed by atoms with Gasteiger partial charge in [0.15, 0.2) is 0 Å². The SMILES string of the molecule is CSc1ccc(CCNC(=O)c2ccc(Oc3cc4c(cc3Cl)C(C(=O)O)CCO4)cc2)cc1.[NaH].[NaH]. The number of fused-ring (bicyclic) bond motifs is 1. The molecule has 36 heavy (non-hydrogen) atoms. The van der Waals surface area contributed by atoms with Gasteiger partial charge >= 0.3 is 65.1 Å². The summed E-state index contributed by atoms with van der Waals surface area (Å²) >= 11 is 8.05. The summed E-state index contributed by atoms with van der Waals surface area (Å²) in [7, 11) is 0. The Hall–Kier alpha value is -1.16. The zero-order valence-electron chi connectivity index (χ0n) is 18.5. The summed E-state index contributed by atoms with van der Waals surface area (Å²) in [5.41, 5.74) is 2.24. The van der Waals surface area contributed by atoms with Crippen LogP contribution in [0.2, 0.25) is 5.02 Å². The summed E-state index contributed by atoms with van der Waals surface area (Å²) in [6, 6.07) is 18.2. The van der Waals surface area contributed by atoms with Crippen molar-refractivity contribution in [2.24, 2.45) is 0 Å². The minimum absolute atomic E-state index is 0. The third-order valence-corrected chi connectivity index (χ3v) is 6.64. The number of halogens is 1. The number of amides is 1. The zero-order valence-corrected chi connectivity index (χ0v) is 20.1. The number of aliphatic carboxylic acids is 1. The van der Waals surface area contributed by atoms with E-state index in [-0.39, 0.29) is 65.0 Å². The summed E-state index contributed by atoms with van der Waals surface area (Å²) < 4.78 is 11.5. The molecule has 1 unspecified atom stereocenters. The van der Waals surface area contributed by atoms with Gasteiger partial charge in [-0.1, -0.05) is 23.7 Å². The Morgan fingerprint density at radius 3 is 2.44 bits per heavy atom. The van der Waals surface area contributed by atoms with E-state index in [1.54, 1.807) is 48.2 Å². The summed E-state index contributed by atoms with van der Waals surface area (Å²) in [5, 5.41) is 12.6. The van der Waals surface area contributed by atoms with Gasteiger partial charge in [-0.3, -0.25) is 9.59 Å². The standard InChI is InChI=1S/C26H24ClNO5S.2Na.2H/c1-34-19-8-2-16(3-9-19)10-12-28-25(29)17-4-6-18(7-5-17)33-24-15-23-21(14-22(24)27)20(26(30)31)11-13-32-23;;;;/h2-9,14-15,20H,10-13H2,1H3,(H,28,29)(H,30,31);;;;. The van der Waals surface area contributed by atoms with Crippen LogP contribution in [0.3, 0.4) is 0 Å². The molecule has 10 heteroatoms. The Labute approximate surface area is 264 Å². The Balaban J connectivity index is 0.00000228. The predicted molar refractivity (Wildman–Crippen MR) is 147 cm³/mol. The molecule has 3 aromatic rings. The molecule has 1 heterocycles. The molecule has 4 rings (SSSR count). The average molecular weight is 546 g/mol. The first kappa shape index (κ1) is 31.1. The van der Waals surface area contributed by atoms with Crippen molar-refractivity contribution in [1.29, 1.82) is 0 Å². The van der Waals surface area contributed by atoms with E-state index in [4.69, 9.17) is 21.1 Å². The molecule has 0 saturated heterocycles. The minimum atomic E-state index is -0.906. The van der Waals surface area contributed by atoms with E-state index in [1.165, 1.54) is 10.5 Å². The van der Waals surface area contributed by atoms with Crippen molar-refractivity contribution in [3.8, 4) is 17.2 Å². The van der Waals surface area contributed by atoms with Crippen LogP contribution in [-0.4, -0.2) is 95.5 Å². The van der Waals surface area contributed by atoms with Crippen LogP contribution in [0.4, 0.5) is 0 Å². The maximum atomic E-state index is 12.5. The molecule has 0 fully saturated rings. The molecule has 1 aliphatic rings. The number of ether oxygens (including phenoxy) is 2. The van der Waals surface area contributed by atoms with Crippen molar-refractivity contribution in [2.75, 3.05) is 19.4 Å². The van der Waals surface area contributed by atoms with E-state index in [0.29, 0.717) is 53.0 Å². The van der Waals surface area contributed by atoms with Crippen LogP contribution in [0.1, 0.15) is 33.8 Å². The summed E-state index contributed by atoms with van der Waals surface area (Å²) in [5.74, 6) is -0.405. The second-order valence-electron chi connectivity index (χ2n) is 7.83. The number of carboxylic acid groups (broad SMARTS) is 1. The van der Waals surface area contributed by atoms with Crippen LogP contribution in [0.5, 0.6) is 17.2 Å². The van der Waals surface area contributed by atoms with Crippen LogP contribution < -0.4 is 14.8 Å². The summed E-state index contributed by atoms with van der Waals surface area (Å²) in [6.07, 6.45) is 3.19. The molecule has 0 aromatic heterocycles. The average Bonchev–Trinajstić information content (AvgIpc) is 2.85. The summed E-state index contributed by atoms with van der Waals surface area (Å²) in [6.45, 7) is 0.857. The van der Waals surface area contributed by atoms with Gasteiger partial charge in [-0.25, -0.2) is 0 Å². The molecule has 0 spiro atoms. The van der Waals surface area contributed by atoms with Crippen molar-refractivity contribution in [3.05, 3.63) is 82.4 Å². The fourth-order valence-electron chi connectivity index (χ4n) is 3.74. The van der Waals surface area contributed by atoms with E-state index in [9.17, 15) is 14.7 Å². The van der Waals surface area contributed by atoms with Gasteiger partial charge in [-0.2, -0.15) is 0 Å². The number of hydrogen-bond donors (Lipinski definition) is 2. The molecule has 2 N–H and O–H groups in total.